The maximum atomic E-state index is 12.4. The molecule has 0 radical (unpaired) electrons. The Bertz CT molecular complexity index is 1060. The molecule has 4 N–H and O–H groups in total. The highest BCUT2D eigenvalue weighted by Crippen LogP contribution is 2.29. The fourth-order valence-corrected chi connectivity index (χ4v) is 3.73. The van der Waals surface area contributed by atoms with Crippen LogP contribution in [0.2, 0.25) is 0 Å². The minimum absolute atomic E-state index is 0.209. The molecular weight excluding hydrogens is 372 g/mol. The van der Waals surface area contributed by atoms with Gasteiger partial charge in [0.15, 0.2) is 0 Å². The van der Waals surface area contributed by atoms with Crippen molar-refractivity contribution in [3.05, 3.63) is 76.2 Å². The summed E-state index contributed by atoms with van der Waals surface area (Å²) in [6, 6.07) is 18.2. The van der Waals surface area contributed by atoms with Crippen LogP contribution < -0.4 is 16.4 Å². The smallest absolute Gasteiger partial charge is 0.255 e. The highest BCUT2D eigenvalue weighted by atomic mass is 32.1. The van der Waals surface area contributed by atoms with Crippen molar-refractivity contribution in [1.29, 1.82) is 5.26 Å². The summed E-state index contributed by atoms with van der Waals surface area (Å²) in [5.74, 6) is -0.445. The molecule has 0 bridgehead atoms. The van der Waals surface area contributed by atoms with Crippen LogP contribution in [0.15, 0.2) is 54.6 Å². The van der Waals surface area contributed by atoms with E-state index in [4.69, 9.17) is 5.73 Å². The first-order valence-corrected chi connectivity index (χ1v) is 9.33. The number of thiophene rings is 1. The second kappa shape index (κ2) is 8.37. The van der Waals surface area contributed by atoms with Gasteiger partial charge in [0.2, 0.25) is 5.91 Å². The average Bonchev–Trinajstić information content (AvgIpc) is 3.04. The number of para-hydroxylation sites is 2. The van der Waals surface area contributed by atoms with Crippen LogP contribution >= 0.6 is 11.3 Å². The number of amides is 2. The molecule has 1 aromatic heterocycles. The van der Waals surface area contributed by atoms with Gasteiger partial charge in [-0.2, -0.15) is 5.26 Å². The number of nitrogens with one attached hydrogen (secondary N) is 2. The van der Waals surface area contributed by atoms with E-state index in [9.17, 15) is 14.9 Å². The standard InChI is InChI=1S/C21H18N4O2S/c1-13(26)24-21-16(12-22)11-17(28-21)10-14-6-8-15(9-7-14)20(27)25-19-5-3-2-4-18(19)23/h2-9,11H,10,23H2,1H3,(H,24,26)(H,25,27). The molecule has 0 aliphatic carbocycles. The molecule has 2 amide bonds. The van der Waals surface area contributed by atoms with Gasteiger partial charge >= 0.3 is 0 Å². The zero-order valence-corrected chi connectivity index (χ0v) is 16.0. The molecule has 0 spiro atoms. The Labute approximate surface area is 166 Å². The van der Waals surface area contributed by atoms with Crippen molar-refractivity contribution >= 4 is 39.5 Å². The number of hydrogen-bond donors (Lipinski definition) is 3. The lowest BCUT2D eigenvalue weighted by Crippen LogP contribution is -2.13. The van der Waals surface area contributed by atoms with E-state index in [0.29, 0.717) is 33.9 Å². The van der Waals surface area contributed by atoms with Crippen LogP contribution in [-0.4, -0.2) is 11.8 Å². The molecule has 7 heteroatoms. The van der Waals surface area contributed by atoms with Gasteiger partial charge < -0.3 is 16.4 Å². The number of nitrogens with zero attached hydrogens (tertiary/aromatic N) is 1. The summed E-state index contributed by atoms with van der Waals surface area (Å²) in [6.45, 7) is 1.41. The fourth-order valence-electron chi connectivity index (χ4n) is 2.65. The van der Waals surface area contributed by atoms with Crippen LogP contribution in [0.3, 0.4) is 0 Å². The number of hydrogen-bond acceptors (Lipinski definition) is 5. The van der Waals surface area contributed by atoms with Gasteiger partial charge in [-0.3, -0.25) is 9.59 Å². The Balaban J connectivity index is 1.70. The van der Waals surface area contributed by atoms with Gasteiger partial charge in [-0.1, -0.05) is 24.3 Å². The number of anilines is 3. The SMILES string of the molecule is CC(=O)Nc1sc(Cc2ccc(C(=O)Nc3ccccc3N)cc2)cc1C#N. The Morgan fingerprint density at radius 2 is 1.82 bits per heavy atom. The zero-order chi connectivity index (χ0) is 20.1. The number of nitrogen functional groups attached to an aromatic ring is 1. The predicted octanol–water partition coefficient (Wildman–Crippen LogP) is 4.00. The molecule has 0 saturated carbocycles. The molecule has 2 aromatic carbocycles. The van der Waals surface area contributed by atoms with E-state index < -0.39 is 0 Å². The molecule has 0 aliphatic rings. The van der Waals surface area contributed by atoms with Gasteiger partial charge in [-0.25, -0.2) is 0 Å². The highest BCUT2D eigenvalue weighted by Gasteiger charge is 2.12. The summed E-state index contributed by atoms with van der Waals surface area (Å²) in [6.07, 6.45) is 0.604. The van der Waals surface area contributed by atoms with E-state index in [1.165, 1.54) is 18.3 Å². The van der Waals surface area contributed by atoms with Crippen molar-refractivity contribution in [1.82, 2.24) is 0 Å². The molecule has 0 aliphatic heterocycles. The van der Waals surface area contributed by atoms with Crippen molar-refractivity contribution in [2.45, 2.75) is 13.3 Å². The molecule has 1 heterocycles. The molecule has 0 atom stereocenters. The number of nitriles is 1. The van der Waals surface area contributed by atoms with Crippen molar-refractivity contribution < 1.29 is 9.59 Å². The lowest BCUT2D eigenvalue weighted by atomic mass is 10.1. The number of nitrogens with two attached hydrogens (primary N) is 1. The third-order valence-electron chi connectivity index (χ3n) is 4.00. The van der Waals surface area contributed by atoms with Gasteiger partial charge in [0, 0.05) is 23.8 Å². The summed E-state index contributed by atoms with van der Waals surface area (Å²) in [5.41, 5.74) is 8.90. The maximum Gasteiger partial charge on any atom is 0.255 e. The van der Waals surface area contributed by atoms with Crippen LogP contribution in [0, 0.1) is 11.3 Å². The first-order valence-electron chi connectivity index (χ1n) is 8.51. The van der Waals surface area contributed by atoms with Crippen molar-refractivity contribution in [2.75, 3.05) is 16.4 Å². The van der Waals surface area contributed by atoms with E-state index in [2.05, 4.69) is 16.7 Å². The van der Waals surface area contributed by atoms with E-state index >= 15 is 0 Å². The predicted molar refractivity (Wildman–Crippen MR) is 111 cm³/mol. The Kier molecular flexibility index (Phi) is 5.72. The Morgan fingerprint density at radius 1 is 1.11 bits per heavy atom. The number of carbonyl (C=O) groups is 2. The summed E-state index contributed by atoms with van der Waals surface area (Å²) >= 11 is 1.37. The lowest BCUT2D eigenvalue weighted by Gasteiger charge is -2.08. The first-order chi connectivity index (χ1) is 13.5. The molecular formula is C21H18N4O2S. The van der Waals surface area contributed by atoms with Crippen molar-refractivity contribution in [3.63, 3.8) is 0 Å². The number of rotatable bonds is 5. The minimum Gasteiger partial charge on any atom is -0.397 e. The molecule has 140 valence electrons. The molecule has 6 nitrogen and oxygen atoms in total. The van der Waals surface area contributed by atoms with Crippen LogP contribution in [-0.2, 0) is 11.2 Å². The molecule has 3 aromatic rings. The minimum atomic E-state index is -0.236. The van der Waals surface area contributed by atoms with Gasteiger partial charge in [-0.15, -0.1) is 11.3 Å². The van der Waals surface area contributed by atoms with E-state index in [1.807, 2.05) is 12.1 Å². The van der Waals surface area contributed by atoms with Crippen LogP contribution in [0.4, 0.5) is 16.4 Å². The monoisotopic (exact) mass is 390 g/mol. The van der Waals surface area contributed by atoms with Gasteiger partial charge in [0.1, 0.15) is 11.1 Å². The Morgan fingerprint density at radius 3 is 2.46 bits per heavy atom. The molecule has 0 unspecified atom stereocenters. The van der Waals surface area contributed by atoms with Crippen LogP contribution in [0.25, 0.3) is 0 Å². The second-order valence-corrected chi connectivity index (χ2v) is 7.30. The second-order valence-electron chi connectivity index (χ2n) is 6.16. The topological polar surface area (TPSA) is 108 Å². The largest absolute Gasteiger partial charge is 0.397 e. The molecule has 3 rings (SSSR count). The first kappa shape index (κ1) is 19.1. The summed E-state index contributed by atoms with van der Waals surface area (Å²) in [5, 5.41) is 15.2. The molecule has 0 fully saturated rings. The summed E-state index contributed by atoms with van der Waals surface area (Å²) in [7, 11) is 0. The van der Waals surface area contributed by atoms with Crippen LogP contribution in [0.1, 0.15) is 33.3 Å². The zero-order valence-electron chi connectivity index (χ0n) is 15.2. The Hall–Kier alpha value is -3.63. The fraction of sp³-hybridized carbons (Fsp3) is 0.0952. The van der Waals surface area contributed by atoms with Gasteiger partial charge in [0.25, 0.3) is 5.91 Å². The van der Waals surface area contributed by atoms with Crippen molar-refractivity contribution in [2.24, 2.45) is 0 Å². The average molecular weight is 390 g/mol. The van der Waals surface area contributed by atoms with Crippen molar-refractivity contribution in [3.8, 4) is 6.07 Å². The third kappa shape index (κ3) is 4.55. The van der Waals surface area contributed by atoms with E-state index in [-0.39, 0.29) is 11.8 Å². The number of benzene rings is 2. The van der Waals surface area contributed by atoms with Gasteiger partial charge in [-0.05, 0) is 35.9 Å². The summed E-state index contributed by atoms with van der Waals surface area (Å²) < 4.78 is 0. The molecule has 28 heavy (non-hydrogen) atoms. The van der Waals surface area contributed by atoms with Gasteiger partial charge in [0.05, 0.1) is 16.9 Å². The highest BCUT2D eigenvalue weighted by molar-refractivity contribution is 7.16. The van der Waals surface area contributed by atoms with E-state index in [0.717, 1.165) is 10.4 Å². The van der Waals surface area contributed by atoms with Crippen LogP contribution in [0.5, 0.6) is 0 Å². The molecule has 0 saturated heterocycles. The summed E-state index contributed by atoms with van der Waals surface area (Å²) in [4.78, 5) is 24.6. The maximum absolute atomic E-state index is 12.4. The van der Waals surface area contributed by atoms with E-state index in [1.54, 1.807) is 42.5 Å². The quantitative estimate of drug-likeness (QED) is 0.572. The lowest BCUT2D eigenvalue weighted by molar-refractivity contribution is -0.114. The number of carbonyl (C=O) groups excluding carboxylic acids is 2. The normalized spacial score (nSPS) is 10.1. The third-order valence-corrected chi connectivity index (χ3v) is 5.05.